The Hall–Kier alpha value is -1.06. The van der Waals surface area contributed by atoms with Crippen LogP contribution in [0.25, 0.3) is 0 Å². The van der Waals surface area contributed by atoms with Crippen molar-refractivity contribution >= 4 is 5.97 Å². The van der Waals surface area contributed by atoms with Crippen LogP contribution in [0.2, 0.25) is 0 Å². The number of carbonyl (C=O) groups excluding carboxylic acids is 1. The predicted octanol–water partition coefficient (Wildman–Crippen LogP) is -0.563. The summed E-state index contributed by atoms with van der Waals surface area (Å²) >= 11 is 0. The molecule has 0 saturated heterocycles. The van der Waals surface area contributed by atoms with Crippen molar-refractivity contribution in [2.75, 3.05) is 6.61 Å². The van der Waals surface area contributed by atoms with Crippen molar-refractivity contribution in [1.82, 2.24) is 0 Å². The van der Waals surface area contributed by atoms with E-state index in [4.69, 9.17) is 4.74 Å². The zero-order valence-corrected chi connectivity index (χ0v) is 13.7. The van der Waals surface area contributed by atoms with Gasteiger partial charge < -0.3 is 22.5 Å². The molecule has 0 amide bonds. The standard InChI is InChI=1S/C17H25NO2.ClH/c1-3-20-17(19)15-11-7-8-12-16(15)18-13(2)14-9-5-4-6-10-14;/h4-6,9-10,13,15-16,18H,3,7-8,11-12H2,1-2H3;1H/t13-,15-,16-;/m1./s1. The van der Waals surface area contributed by atoms with E-state index < -0.39 is 0 Å². The van der Waals surface area contributed by atoms with Crippen molar-refractivity contribution in [1.29, 1.82) is 0 Å². The smallest absolute Gasteiger partial charge is 0.314 e. The SMILES string of the molecule is CCOC(=O)[C@@H]1CCCC[C@H]1[NH2+][C@H](C)c1ccccc1.[Cl-]. The van der Waals surface area contributed by atoms with Gasteiger partial charge in [0.25, 0.3) is 0 Å². The Balaban J connectivity index is 0.00000220. The van der Waals surface area contributed by atoms with Crippen molar-refractivity contribution in [3.8, 4) is 0 Å². The predicted molar refractivity (Wildman–Crippen MR) is 79.2 cm³/mol. The van der Waals surface area contributed by atoms with E-state index in [1.54, 1.807) is 0 Å². The molecule has 21 heavy (non-hydrogen) atoms. The summed E-state index contributed by atoms with van der Waals surface area (Å²) in [6, 6.07) is 11.2. The van der Waals surface area contributed by atoms with E-state index in [2.05, 4.69) is 36.5 Å². The van der Waals surface area contributed by atoms with Crippen LogP contribution in [-0.2, 0) is 9.53 Å². The molecule has 0 heterocycles. The highest BCUT2D eigenvalue weighted by Crippen LogP contribution is 2.24. The molecule has 1 saturated carbocycles. The molecule has 0 aliphatic heterocycles. The first-order valence-corrected chi connectivity index (χ1v) is 7.79. The van der Waals surface area contributed by atoms with E-state index in [0.29, 0.717) is 18.7 Å². The number of quaternary nitrogens is 1. The fraction of sp³-hybridized carbons (Fsp3) is 0.588. The molecule has 3 nitrogen and oxygen atoms in total. The van der Waals surface area contributed by atoms with E-state index in [0.717, 1.165) is 19.3 Å². The third kappa shape index (κ3) is 5.01. The van der Waals surface area contributed by atoms with Crippen LogP contribution in [-0.4, -0.2) is 18.6 Å². The zero-order valence-electron chi connectivity index (χ0n) is 12.9. The Bertz CT molecular complexity index is 424. The van der Waals surface area contributed by atoms with Gasteiger partial charge in [-0.1, -0.05) is 36.8 Å². The third-order valence-electron chi connectivity index (χ3n) is 4.27. The highest BCUT2D eigenvalue weighted by Gasteiger charge is 2.35. The van der Waals surface area contributed by atoms with Gasteiger partial charge in [0.1, 0.15) is 12.0 Å². The van der Waals surface area contributed by atoms with Crippen molar-refractivity contribution in [2.45, 2.75) is 51.6 Å². The lowest BCUT2D eigenvalue weighted by atomic mass is 9.84. The maximum absolute atomic E-state index is 12.1. The lowest BCUT2D eigenvalue weighted by Crippen LogP contribution is -3.00. The lowest BCUT2D eigenvalue weighted by molar-refractivity contribution is -0.731. The van der Waals surface area contributed by atoms with E-state index >= 15 is 0 Å². The van der Waals surface area contributed by atoms with Crippen LogP contribution >= 0.6 is 0 Å². The number of hydrogen-bond donors (Lipinski definition) is 1. The van der Waals surface area contributed by atoms with Gasteiger partial charge in [-0.05, 0) is 26.7 Å². The fourth-order valence-electron chi connectivity index (χ4n) is 3.17. The van der Waals surface area contributed by atoms with Gasteiger partial charge in [-0.3, -0.25) is 4.79 Å². The van der Waals surface area contributed by atoms with E-state index in [9.17, 15) is 4.79 Å². The van der Waals surface area contributed by atoms with Gasteiger partial charge in [0.15, 0.2) is 0 Å². The summed E-state index contributed by atoms with van der Waals surface area (Å²) in [7, 11) is 0. The fourth-order valence-corrected chi connectivity index (χ4v) is 3.17. The average molecular weight is 312 g/mol. The second-order valence-corrected chi connectivity index (χ2v) is 5.70. The van der Waals surface area contributed by atoms with Crippen LogP contribution in [0.1, 0.15) is 51.1 Å². The second-order valence-electron chi connectivity index (χ2n) is 5.70. The molecule has 0 bridgehead atoms. The number of esters is 1. The average Bonchev–Trinajstić information content (AvgIpc) is 2.49. The van der Waals surface area contributed by atoms with E-state index in [1.165, 1.54) is 12.0 Å². The van der Waals surface area contributed by atoms with Crippen LogP contribution in [0.15, 0.2) is 30.3 Å². The number of nitrogens with two attached hydrogens (primary N) is 1. The van der Waals surface area contributed by atoms with Gasteiger partial charge in [-0.25, -0.2) is 0 Å². The molecule has 4 heteroatoms. The summed E-state index contributed by atoms with van der Waals surface area (Å²) in [4.78, 5) is 12.1. The zero-order chi connectivity index (χ0) is 14.4. The summed E-state index contributed by atoms with van der Waals surface area (Å²) in [5, 5.41) is 2.36. The van der Waals surface area contributed by atoms with Crippen LogP contribution in [0.5, 0.6) is 0 Å². The van der Waals surface area contributed by atoms with Gasteiger partial charge in [0.2, 0.25) is 0 Å². The summed E-state index contributed by atoms with van der Waals surface area (Å²) in [5.41, 5.74) is 1.32. The molecule has 118 valence electrons. The van der Waals surface area contributed by atoms with Crippen molar-refractivity contribution in [2.24, 2.45) is 5.92 Å². The molecule has 0 aromatic heterocycles. The highest BCUT2D eigenvalue weighted by molar-refractivity contribution is 5.73. The van der Waals surface area contributed by atoms with Gasteiger partial charge >= 0.3 is 5.97 Å². The van der Waals surface area contributed by atoms with Crippen molar-refractivity contribution in [3.05, 3.63) is 35.9 Å². The molecule has 0 spiro atoms. The molecule has 0 unspecified atom stereocenters. The summed E-state index contributed by atoms with van der Waals surface area (Å²) in [6.07, 6.45) is 4.45. The maximum Gasteiger partial charge on any atom is 0.314 e. The van der Waals surface area contributed by atoms with Crippen LogP contribution in [0.4, 0.5) is 0 Å². The number of benzene rings is 1. The summed E-state index contributed by atoms with van der Waals surface area (Å²) in [6.45, 7) is 4.58. The molecular weight excluding hydrogens is 286 g/mol. The highest BCUT2D eigenvalue weighted by atomic mass is 35.5. The Morgan fingerprint density at radius 1 is 1.29 bits per heavy atom. The molecule has 2 rings (SSSR count). The number of rotatable bonds is 5. The minimum absolute atomic E-state index is 0. The van der Waals surface area contributed by atoms with E-state index in [1.807, 2.05) is 13.0 Å². The largest absolute Gasteiger partial charge is 1.00 e. The first-order chi connectivity index (χ1) is 9.72. The van der Waals surface area contributed by atoms with Crippen LogP contribution in [0, 0.1) is 5.92 Å². The Labute approximate surface area is 133 Å². The Morgan fingerprint density at radius 3 is 2.62 bits per heavy atom. The number of ether oxygens (including phenoxy) is 1. The minimum Gasteiger partial charge on any atom is -1.00 e. The normalized spacial score (nSPS) is 23.0. The first kappa shape index (κ1) is 18.0. The van der Waals surface area contributed by atoms with Crippen molar-refractivity contribution < 1.29 is 27.3 Å². The number of halogens is 1. The van der Waals surface area contributed by atoms with Gasteiger partial charge in [0, 0.05) is 12.0 Å². The number of hydrogen-bond acceptors (Lipinski definition) is 2. The minimum atomic E-state index is -0.00582. The lowest BCUT2D eigenvalue weighted by Gasteiger charge is -2.30. The molecular formula is C17H26ClNO2. The molecule has 1 fully saturated rings. The Morgan fingerprint density at radius 2 is 1.95 bits per heavy atom. The van der Waals surface area contributed by atoms with Gasteiger partial charge in [-0.2, -0.15) is 0 Å². The van der Waals surface area contributed by atoms with Gasteiger partial charge in [-0.15, -0.1) is 0 Å². The molecule has 1 aliphatic carbocycles. The molecule has 1 aromatic rings. The summed E-state index contributed by atoms with van der Waals surface area (Å²) in [5.74, 6) is 0.0589. The molecule has 3 atom stereocenters. The van der Waals surface area contributed by atoms with Gasteiger partial charge in [0.05, 0.1) is 12.6 Å². The topological polar surface area (TPSA) is 42.9 Å². The van der Waals surface area contributed by atoms with E-state index in [-0.39, 0.29) is 24.3 Å². The Kier molecular flexibility index (Phi) is 7.76. The first-order valence-electron chi connectivity index (χ1n) is 7.79. The summed E-state index contributed by atoms with van der Waals surface area (Å²) < 4.78 is 5.24. The maximum atomic E-state index is 12.1. The molecule has 1 aliphatic rings. The number of carbonyl (C=O) groups is 1. The molecule has 0 radical (unpaired) electrons. The second kappa shape index (κ2) is 9.06. The quantitative estimate of drug-likeness (QED) is 0.741. The van der Waals surface area contributed by atoms with Crippen molar-refractivity contribution in [3.63, 3.8) is 0 Å². The van der Waals surface area contributed by atoms with Crippen LogP contribution < -0.4 is 17.7 Å². The third-order valence-corrected chi connectivity index (χ3v) is 4.27. The monoisotopic (exact) mass is 311 g/mol. The molecule has 2 N–H and O–H groups in total. The molecule has 1 aromatic carbocycles. The van der Waals surface area contributed by atoms with Crippen LogP contribution in [0.3, 0.4) is 0 Å².